The Morgan fingerprint density at radius 2 is 2.11 bits per heavy atom. The Kier molecular flexibility index (Phi) is 4.77. The maximum absolute atomic E-state index is 13.8. The third-order valence-corrected chi connectivity index (χ3v) is 4.49. The Balaban J connectivity index is 1.43. The molecule has 7 heteroatoms. The lowest BCUT2D eigenvalue weighted by Crippen LogP contribution is -2.15. The molecular formula is C20H19FN2O4. The number of halogens is 1. The molecule has 0 bridgehead atoms. The molecule has 0 saturated heterocycles. The molecule has 0 fully saturated rings. The van der Waals surface area contributed by atoms with Crippen molar-refractivity contribution >= 4 is 17.4 Å². The summed E-state index contributed by atoms with van der Waals surface area (Å²) in [5.74, 6) is -0.375. The molecule has 0 unspecified atom stereocenters. The summed E-state index contributed by atoms with van der Waals surface area (Å²) in [7, 11) is 0. The number of benzene rings is 2. The fourth-order valence-electron chi connectivity index (χ4n) is 3.12. The van der Waals surface area contributed by atoms with E-state index in [4.69, 9.17) is 14.2 Å². The van der Waals surface area contributed by atoms with Gasteiger partial charge in [-0.05, 0) is 43.3 Å². The van der Waals surface area contributed by atoms with Gasteiger partial charge in [0.05, 0.1) is 17.9 Å². The monoisotopic (exact) mass is 370 g/mol. The van der Waals surface area contributed by atoms with Gasteiger partial charge in [-0.15, -0.1) is 0 Å². The molecule has 140 valence electrons. The summed E-state index contributed by atoms with van der Waals surface area (Å²) < 4.78 is 29.7. The Labute approximate surface area is 156 Å². The fraction of sp³-hybridized carbons (Fsp3) is 0.300. The lowest BCUT2D eigenvalue weighted by atomic mass is 10.1. The first kappa shape index (κ1) is 17.5. The van der Waals surface area contributed by atoms with Crippen molar-refractivity contribution < 1.29 is 23.4 Å². The van der Waals surface area contributed by atoms with E-state index in [2.05, 4.69) is 5.10 Å². The highest BCUT2D eigenvalue weighted by atomic mass is 19.1. The number of ether oxygens (including phenoxy) is 3. The Bertz CT molecular complexity index is 896. The molecule has 4 rings (SSSR count). The molecule has 0 aromatic heterocycles. The van der Waals surface area contributed by atoms with Crippen molar-refractivity contribution in [3.63, 3.8) is 0 Å². The largest absolute Gasteiger partial charge is 0.467 e. The fourth-order valence-corrected chi connectivity index (χ4v) is 3.12. The van der Waals surface area contributed by atoms with Gasteiger partial charge < -0.3 is 14.2 Å². The van der Waals surface area contributed by atoms with Gasteiger partial charge in [-0.25, -0.2) is 9.18 Å². The number of anilines is 1. The molecule has 0 radical (unpaired) electrons. The second-order valence-corrected chi connectivity index (χ2v) is 6.50. The number of esters is 1. The van der Waals surface area contributed by atoms with Crippen molar-refractivity contribution in [2.75, 3.05) is 18.3 Å². The van der Waals surface area contributed by atoms with Crippen LogP contribution in [0, 0.1) is 5.82 Å². The van der Waals surface area contributed by atoms with Crippen LogP contribution in [0.15, 0.2) is 41.5 Å². The normalized spacial score (nSPS) is 15.8. The molecule has 2 aromatic carbocycles. The van der Waals surface area contributed by atoms with Crippen molar-refractivity contribution in [1.82, 2.24) is 0 Å². The van der Waals surface area contributed by atoms with Crippen LogP contribution < -0.4 is 9.75 Å². The van der Waals surface area contributed by atoms with E-state index >= 15 is 0 Å². The minimum Gasteiger partial charge on any atom is -0.467 e. The van der Waals surface area contributed by atoms with Crippen LogP contribution in [0.5, 0.6) is 5.75 Å². The second kappa shape index (κ2) is 7.36. The molecule has 2 heterocycles. The van der Waals surface area contributed by atoms with Crippen LogP contribution in [0.2, 0.25) is 0 Å². The van der Waals surface area contributed by atoms with Gasteiger partial charge >= 0.3 is 5.97 Å². The predicted octanol–water partition coefficient (Wildman–Crippen LogP) is 3.64. The van der Waals surface area contributed by atoms with E-state index in [-0.39, 0.29) is 20.0 Å². The highest BCUT2D eigenvalue weighted by molar-refractivity contribution is 5.90. The number of hydrazone groups is 1. The molecule has 2 aromatic rings. The maximum atomic E-state index is 13.8. The first-order chi connectivity index (χ1) is 13.1. The van der Waals surface area contributed by atoms with E-state index in [9.17, 15) is 9.18 Å². The lowest BCUT2D eigenvalue weighted by Gasteiger charge is -2.20. The van der Waals surface area contributed by atoms with Crippen LogP contribution in [0.3, 0.4) is 0 Å². The van der Waals surface area contributed by atoms with E-state index in [0.29, 0.717) is 22.4 Å². The van der Waals surface area contributed by atoms with Crippen LogP contribution in [-0.4, -0.2) is 25.0 Å². The Morgan fingerprint density at radius 1 is 1.30 bits per heavy atom. The highest BCUT2D eigenvalue weighted by Crippen LogP contribution is 2.30. The van der Waals surface area contributed by atoms with Gasteiger partial charge in [0.15, 0.2) is 6.79 Å². The highest BCUT2D eigenvalue weighted by Gasteiger charge is 2.19. The predicted molar refractivity (Wildman–Crippen MR) is 97.3 cm³/mol. The number of carbonyl (C=O) groups is 1. The molecule has 0 amide bonds. The van der Waals surface area contributed by atoms with Crippen molar-refractivity contribution in [1.29, 1.82) is 0 Å². The number of fused-ring (bicyclic) bond motifs is 1. The molecule has 2 aliphatic rings. The SMILES string of the molecule is CC1=NN(c2ccc(C(=O)OCc3cc(F)cc4c3OCOC4)cc2)CC1. The quantitative estimate of drug-likeness (QED) is 0.769. The molecular weight excluding hydrogens is 351 g/mol. The van der Waals surface area contributed by atoms with Crippen LogP contribution in [0.4, 0.5) is 10.1 Å². The van der Waals surface area contributed by atoms with Crippen molar-refractivity contribution in [3.05, 3.63) is 58.9 Å². The number of rotatable bonds is 4. The zero-order valence-corrected chi connectivity index (χ0v) is 14.9. The Hall–Kier alpha value is -2.93. The van der Waals surface area contributed by atoms with Gasteiger partial charge in [0.2, 0.25) is 0 Å². The molecule has 0 N–H and O–H groups in total. The smallest absolute Gasteiger partial charge is 0.338 e. The van der Waals surface area contributed by atoms with Gasteiger partial charge in [0.1, 0.15) is 18.2 Å². The van der Waals surface area contributed by atoms with Gasteiger partial charge in [-0.3, -0.25) is 5.01 Å². The van der Waals surface area contributed by atoms with Crippen LogP contribution in [-0.2, 0) is 22.7 Å². The van der Waals surface area contributed by atoms with Crippen LogP contribution >= 0.6 is 0 Å². The van der Waals surface area contributed by atoms with Crippen LogP contribution in [0.25, 0.3) is 0 Å². The summed E-state index contributed by atoms with van der Waals surface area (Å²) >= 11 is 0. The average Bonchev–Trinajstić information content (AvgIpc) is 3.12. The van der Waals surface area contributed by atoms with E-state index < -0.39 is 11.8 Å². The number of hydrogen-bond acceptors (Lipinski definition) is 6. The van der Waals surface area contributed by atoms with E-state index in [1.165, 1.54) is 12.1 Å². The summed E-state index contributed by atoms with van der Waals surface area (Å²) in [6.45, 7) is 3.13. The minimum atomic E-state index is -0.479. The van der Waals surface area contributed by atoms with Crippen molar-refractivity contribution in [3.8, 4) is 5.75 Å². The summed E-state index contributed by atoms with van der Waals surface area (Å²) in [4.78, 5) is 12.3. The number of carbonyl (C=O) groups excluding carboxylic acids is 1. The molecule has 0 saturated carbocycles. The second-order valence-electron chi connectivity index (χ2n) is 6.50. The van der Waals surface area contributed by atoms with Crippen molar-refractivity contribution in [2.24, 2.45) is 5.10 Å². The zero-order valence-electron chi connectivity index (χ0n) is 14.9. The van der Waals surface area contributed by atoms with Gasteiger partial charge in [-0.2, -0.15) is 5.10 Å². The van der Waals surface area contributed by atoms with Gasteiger partial charge in [-0.1, -0.05) is 0 Å². The van der Waals surface area contributed by atoms with E-state index in [1.807, 2.05) is 24.1 Å². The number of nitrogens with zero attached hydrogens (tertiary/aromatic N) is 2. The van der Waals surface area contributed by atoms with Gasteiger partial charge in [0.25, 0.3) is 0 Å². The first-order valence-electron chi connectivity index (χ1n) is 8.71. The van der Waals surface area contributed by atoms with Crippen molar-refractivity contribution in [2.45, 2.75) is 26.6 Å². The molecule has 27 heavy (non-hydrogen) atoms. The Morgan fingerprint density at radius 3 is 2.85 bits per heavy atom. The summed E-state index contributed by atoms with van der Waals surface area (Å²) in [5, 5.41) is 6.34. The first-order valence-corrected chi connectivity index (χ1v) is 8.71. The standard InChI is InChI=1S/C20H19FN2O4/c1-13-6-7-23(22-13)18-4-2-14(3-5-18)20(24)26-11-16-9-17(21)8-15-10-25-12-27-19(15)16/h2-5,8-9H,6-7,10-12H2,1H3. The van der Waals surface area contributed by atoms with E-state index in [1.54, 1.807) is 12.1 Å². The third kappa shape index (κ3) is 3.78. The summed E-state index contributed by atoms with van der Waals surface area (Å²) in [6.07, 6.45) is 0.939. The summed E-state index contributed by atoms with van der Waals surface area (Å²) in [5.41, 5.74) is 3.53. The molecule has 6 nitrogen and oxygen atoms in total. The topological polar surface area (TPSA) is 60.4 Å². The molecule has 0 aliphatic carbocycles. The van der Waals surface area contributed by atoms with Crippen LogP contribution in [0.1, 0.15) is 34.8 Å². The third-order valence-electron chi connectivity index (χ3n) is 4.49. The van der Waals surface area contributed by atoms with Gasteiger partial charge in [0, 0.05) is 29.8 Å². The summed E-state index contributed by atoms with van der Waals surface area (Å²) in [6, 6.07) is 9.75. The molecule has 0 atom stereocenters. The average molecular weight is 370 g/mol. The molecule has 0 spiro atoms. The minimum absolute atomic E-state index is 0.0731. The number of hydrogen-bond donors (Lipinski definition) is 0. The maximum Gasteiger partial charge on any atom is 0.338 e. The zero-order chi connectivity index (χ0) is 18.8. The molecule has 2 aliphatic heterocycles. The van der Waals surface area contributed by atoms with E-state index in [0.717, 1.165) is 24.4 Å². The lowest BCUT2D eigenvalue weighted by molar-refractivity contribution is -0.0182.